The van der Waals surface area contributed by atoms with E-state index in [0.717, 1.165) is 63.2 Å². The van der Waals surface area contributed by atoms with E-state index in [1.807, 2.05) is 24.3 Å². The van der Waals surface area contributed by atoms with Gasteiger partial charge in [-0.2, -0.15) is 0 Å². The summed E-state index contributed by atoms with van der Waals surface area (Å²) in [6.45, 7) is 8.26. The van der Waals surface area contributed by atoms with Crippen LogP contribution in [0.15, 0.2) is 24.3 Å². The van der Waals surface area contributed by atoms with Gasteiger partial charge in [0.2, 0.25) is 5.91 Å². The first-order chi connectivity index (χ1) is 11.2. The minimum Gasteiger partial charge on any atom is -0.496 e. The highest BCUT2D eigenvalue weighted by Gasteiger charge is 2.47. The van der Waals surface area contributed by atoms with Crippen molar-refractivity contribution in [2.24, 2.45) is 0 Å². The van der Waals surface area contributed by atoms with Crippen LogP contribution in [-0.4, -0.2) is 44.1 Å². The Morgan fingerprint density at radius 2 is 1.96 bits per heavy atom. The van der Waals surface area contributed by atoms with Crippen molar-refractivity contribution < 1.29 is 9.53 Å². The summed E-state index contributed by atoms with van der Waals surface area (Å²) in [5, 5.41) is 3.16. The molecule has 128 valence electrons. The fourth-order valence-corrected chi connectivity index (χ4v) is 3.40. The maximum absolute atomic E-state index is 12.8. The lowest BCUT2D eigenvalue weighted by molar-refractivity contribution is -0.130. The van der Waals surface area contributed by atoms with Crippen LogP contribution in [0.25, 0.3) is 0 Å². The van der Waals surface area contributed by atoms with E-state index in [1.165, 1.54) is 0 Å². The lowest BCUT2D eigenvalue weighted by atomic mass is 9.63. The average molecular weight is 318 g/mol. The van der Waals surface area contributed by atoms with Crippen molar-refractivity contribution in [3.05, 3.63) is 29.8 Å². The van der Waals surface area contributed by atoms with Crippen LogP contribution < -0.4 is 10.1 Å². The van der Waals surface area contributed by atoms with Crippen LogP contribution >= 0.6 is 0 Å². The van der Waals surface area contributed by atoms with Crippen molar-refractivity contribution in [3.63, 3.8) is 0 Å². The van der Waals surface area contributed by atoms with Gasteiger partial charge in [0.1, 0.15) is 5.75 Å². The third-order valence-corrected chi connectivity index (χ3v) is 5.10. The number of benzene rings is 1. The summed E-state index contributed by atoms with van der Waals surface area (Å²) in [5.41, 5.74) is 0.650. The number of rotatable bonds is 9. The second-order valence-electron chi connectivity index (χ2n) is 6.27. The lowest BCUT2D eigenvalue weighted by Gasteiger charge is -2.41. The summed E-state index contributed by atoms with van der Waals surface area (Å²) >= 11 is 0. The van der Waals surface area contributed by atoms with Crippen LogP contribution in [0.4, 0.5) is 0 Å². The number of ether oxygens (including phenoxy) is 1. The zero-order chi connectivity index (χ0) is 16.7. The van der Waals surface area contributed by atoms with E-state index in [-0.39, 0.29) is 11.3 Å². The molecule has 1 aromatic rings. The normalized spacial score (nSPS) is 16.0. The second-order valence-corrected chi connectivity index (χ2v) is 6.27. The molecule has 2 rings (SSSR count). The van der Waals surface area contributed by atoms with Crippen LogP contribution in [0.1, 0.15) is 45.1 Å². The first kappa shape index (κ1) is 17.8. The summed E-state index contributed by atoms with van der Waals surface area (Å²) in [5.74, 6) is 0.985. The molecule has 0 spiro atoms. The zero-order valence-corrected chi connectivity index (χ0v) is 14.7. The van der Waals surface area contributed by atoms with Crippen molar-refractivity contribution in [2.45, 2.75) is 44.9 Å². The van der Waals surface area contributed by atoms with E-state index in [2.05, 4.69) is 24.1 Å². The Kier molecular flexibility index (Phi) is 6.46. The topological polar surface area (TPSA) is 41.6 Å². The molecule has 0 aromatic heterocycles. The maximum Gasteiger partial charge on any atom is 0.230 e. The fourth-order valence-electron chi connectivity index (χ4n) is 3.40. The van der Waals surface area contributed by atoms with E-state index >= 15 is 0 Å². The molecule has 0 saturated heterocycles. The second kappa shape index (κ2) is 8.34. The van der Waals surface area contributed by atoms with Gasteiger partial charge in [-0.25, -0.2) is 0 Å². The van der Waals surface area contributed by atoms with E-state index in [9.17, 15) is 4.79 Å². The van der Waals surface area contributed by atoms with Crippen molar-refractivity contribution in [1.29, 1.82) is 0 Å². The number of amides is 1. The molecule has 23 heavy (non-hydrogen) atoms. The van der Waals surface area contributed by atoms with Crippen LogP contribution in [-0.2, 0) is 10.2 Å². The number of methoxy groups -OCH3 is 1. The molecule has 4 heteroatoms. The largest absolute Gasteiger partial charge is 0.496 e. The van der Waals surface area contributed by atoms with Gasteiger partial charge in [0.25, 0.3) is 0 Å². The summed E-state index contributed by atoms with van der Waals surface area (Å²) < 4.78 is 5.48. The van der Waals surface area contributed by atoms with Crippen LogP contribution in [0.5, 0.6) is 5.75 Å². The van der Waals surface area contributed by atoms with Crippen molar-refractivity contribution >= 4 is 5.91 Å². The maximum atomic E-state index is 12.8. The van der Waals surface area contributed by atoms with Gasteiger partial charge in [0, 0.05) is 12.1 Å². The smallest absolute Gasteiger partial charge is 0.230 e. The fraction of sp³-hybridized carbons (Fsp3) is 0.632. The number of nitrogens with zero attached hydrogens (tertiary/aromatic N) is 1. The molecule has 1 amide bonds. The van der Waals surface area contributed by atoms with Gasteiger partial charge in [-0.1, -0.05) is 38.5 Å². The summed E-state index contributed by atoms with van der Waals surface area (Å²) in [6, 6.07) is 7.93. The number of carbonyl (C=O) groups is 1. The van der Waals surface area contributed by atoms with E-state index in [0.29, 0.717) is 0 Å². The highest BCUT2D eigenvalue weighted by molar-refractivity contribution is 5.90. The van der Waals surface area contributed by atoms with Crippen molar-refractivity contribution in [3.8, 4) is 5.75 Å². The molecule has 0 bridgehead atoms. The predicted octanol–water partition coefficient (Wildman–Crippen LogP) is 2.97. The first-order valence-corrected chi connectivity index (χ1v) is 8.82. The quantitative estimate of drug-likeness (QED) is 0.712. The molecule has 4 nitrogen and oxygen atoms in total. The Morgan fingerprint density at radius 1 is 1.26 bits per heavy atom. The molecule has 0 heterocycles. The van der Waals surface area contributed by atoms with Gasteiger partial charge in [-0.15, -0.1) is 0 Å². The predicted molar refractivity (Wildman–Crippen MR) is 93.9 cm³/mol. The standard InChI is InChI=1S/C19H30N2O2/c1-4-21(5-2)15-9-14-20-18(22)19(12-8-13-19)16-10-6-7-11-17(16)23-3/h6-7,10-11H,4-5,8-9,12-15H2,1-3H3,(H,20,22). The summed E-state index contributed by atoms with van der Waals surface area (Å²) in [6.07, 6.45) is 3.92. The zero-order valence-electron chi connectivity index (χ0n) is 14.7. The van der Waals surface area contributed by atoms with Crippen molar-refractivity contribution in [1.82, 2.24) is 10.2 Å². The van der Waals surface area contributed by atoms with Gasteiger partial charge >= 0.3 is 0 Å². The average Bonchev–Trinajstić information content (AvgIpc) is 2.54. The number of hydrogen-bond donors (Lipinski definition) is 1. The Bertz CT molecular complexity index is 508. The summed E-state index contributed by atoms with van der Waals surface area (Å²) in [7, 11) is 1.67. The molecular formula is C19H30N2O2. The van der Waals surface area contributed by atoms with Gasteiger partial charge in [0.05, 0.1) is 12.5 Å². The first-order valence-electron chi connectivity index (χ1n) is 8.82. The molecule has 0 radical (unpaired) electrons. The third kappa shape index (κ3) is 3.86. The van der Waals surface area contributed by atoms with Gasteiger partial charge < -0.3 is 15.0 Å². The minimum absolute atomic E-state index is 0.160. The van der Waals surface area contributed by atoms with E-state index in [4.69, 9.17) is 4.74 Å². The molecule has 1 saturated carbocycles. The Morgan fingerprint density at radius 3 is 2.52 bits per heavy atom. The lowest BCUT2D eigenvalue weighted by Crippen LogP contribution is -2.49. The van der Waals surface area contributed by atoms with Gasteiger partial charge in [0.15, 0.2) is 0 Å². The van der Waals surface area contributed by atoms with Gasteiger partial charge in [-0.05, 0) is 45.0 Å². The Labute approximate surface area is 140 Å². The minimum atomic E-state index is -0.387. The molecule has 1 aromatic carbocycles. The number of carbonyl (C=O) groups excluding carboxylic acids is 1. The van der Waals surface area contributed by atoms with E-state index in [1.54, 1.807) is 7.11 Å². The number of para-hydroxylation sites is 1. The summed E-state index contributed by atoms with van der Waals surface area (Å²) in [4.78, 5) is 15.2. The van der Waals surface area contributed by atoms with Gasteiger partial charge in [-0.3, -0.25) is 4.79 Å². The molecule has 1 aliphatic rings. The molecular weight excluding hydrogens is 288 g/mol. The Hall–Kier alpha value is -1.55. The van der Waals surface area contributed by atoms with Crippen LogP contribution in [0.2, 0.25) is 0 Å². The van der Waals surface area contributed by atoms with Crippen LogP contribution in [0.3, 0.4) is 0 Å². The third-order valence-electron chi connectivity index (χ3n) is 5.10. The highest BCUT2D eigenvalue weighted by atomic mass is 16.5. The molecule has 1 fully saturated rings. The number of nitrogens with one attached hydrogen (secondary N) is 1. The molecule has 1 N–H and O–H groups in total. The Balaban J connectivity index is 1.96. The molecule has 0 atom stereocenters. The molecule has 0 unspecified atom stereocenters. The van der Waals surface area contributed by atoms with Crippen LogP contribution in [0, 0.1) is 0 Å². The SMILES string of the molecule is CCN(CC)CCCNC(=O)C1(c2ccccc2OC)CCC1. The monoisotopic (exact) mass is 318 g/mol. The molecule has 0 aliphatic heterocycles. The highest BCUT2D eigenvalue weighted by Crippen LogP contribution is 2.47. The van der Waals surface area contributed by atoms with Crippen molar-refractivity contribution in [2.75, 3.05) is 33.3 Å². The molecule has 1 aliphatic carbocycles. The van der Waals surface area contributed by atoms with E-state index < -0.39 is 0 Å². The number of hydrogen-bond acceptors (Lipinski definition) is 3.